The molecule has 0 bridgehead atoms. The summed E-state index contributed by atoms with van der Waals surface area (Å²) in [7, 11) is 0. The van der Waals surface area contributed by atoms with E-state index in [4.69, 9.17) is 14.2 Å². The molecule has 11 nitrogen and oxygen atoms in total. The van der Waals surface area contributed by atoms with E-state index >= 15 is 0 Å². The predicted molar refractivity (Wildman–Crippen MR) is 315 cm³/mol. The number of rotatable bonds is 52. The van der Waals surface area contributed by atoms with Crippen LogP contribution in [0.3, 0.4) is 0 Å². The Morgan fingerprint density at radius 2 is 0.921 bits per heavy atom. The van der Waals surface area contributed by atoms with Crippen molar-refractivity contribution < 1.29 is 49.3 Å². The molecule has 0 saturated carbocycles. The van der Waals surface area contributed by atoms with Crippen LogP contribution >= 0.6 is 0 Å². The van der Waals surface area contributed by atoms with Crippen molar-refractivity contribution in [1.29, 1.82) is 0 Å². The summed E-state index contributed by atoms with van der Waals surface area (Å²) in [6.07, 6.45) is 62.6. The number of carbonyl (C=O) groups excluding carboxylic acids is 2. The SMILES string of the molecule is CCC/C=C\C/C=C\CCCCCCCC(=O)OCC/C=C\C/C=C\CCCCCCCCCCCCCCCCC(=O)NC(COC1OC(CO)C(O)C(O)C1O)C(O)/C=C/CC/C=C/CC/C=C/CCCCCC. The first-order chi connectivity index (χ1) is 37.2. The second kappa shape index (κ2) is 53.8. The van der Waals surface area contributed by atoms with Crippen molar-refractivity contribution in [3.63, 3.8) is 0 Å². The molecule has 6 N–H and O–H groups in total. The highest BCUT2D eigenvalue weighted by atomic mass is 16.7. The number of hydrogen-bond donors (Lipinski definition) is 6. The molecule has 1 heterocycles. The normalized spacial score (nSPS) is 19.3. The van der Waals surface area contributed by atoms with Crippen LogP contribution in [0.25, 0.3) is 0 Å². The number of allylic oxidation sites excluding steroid dienone is 12. The van der Waals surface area contributed by atoms with Crippen molar-refractivity contribution in [2.75, 3.05) is 19.8 Å². The van der Waals surface area contributed by atoms with Crippen LogP contribution in [0.15, 0.2) is 85.1 Å². The van der Waals surface area contributed by atoms with Gasteiger partial charge in [-0.15, -0.1) is 0 Å². The highest BCUT2D eigenvalue weighted by Gasteiger charge is 2.44. The van der Waals surface area contributed by atoms with Crippen LogP contribution in [-0.4, -0.2) is 100 Å². The molecule has 1 amide bonds. The number of nitrogens with one attached hydrogen (secondary N) is 1. The number of unbranched alkanes of at least 4 members (excludes halogenated alkanes) is 26. The molecule has 438 valence electrons. The summed E-state index contributed by atoms with van der Waals surface area (Å²) in [4.78, 5) is 25.1. The number of carbonyl (C=O) groups is 2. The van der Waals surface area contributed by atoms with Crippen LogP contribution in [0.4, 0.5) is 0 Å². The molecule has 0 aromatic carbocycles. The van der Waals surface area contributed by atoms with E-state index in [2.05, 4.69) is 92.1 Å². The molecular weight excluding hydrogens is 955 g/mol. The van der Waals surface area contributed by atoms with Gasteiger partial charge in [-0.3, -0.25) is 9.59 Å². The van der Waals surface area contributed by atoms with E-state index in [9.17, 15) is 35.1 Å². The molecule has 1 fully saturated rings. The quantitative estimate of drug-likeness (QED) is 0.0195. The zero-order valence-electron chi connectivity index (χ0n) is 48.2. The Hall–Kier alpha value is -3.16. The first-order valence-corrected chi connectivity index (χ1v) is 30.9. The lowest BCUT2D eigenvalue weighted by molar-refractivity contribution is -0.302. The van der Waals surface area contributed by atoms with Gasteiger partial charge in [0.15, 0.2) is 6.29 Å². The maximum Gasteiger partial charge on any atom is 0.305 e. The molecule has 76 heavy (non-hydrogen) atoms. The number of aliphatic hydroxyl groups excluding tert-OH is 5. The van der Waals surface area contributed by atoms with Gasteiger partial charge in [0.05, 0.1) is 32.0 Å². The van der Waals surface area contributed by atoms with E-state index in [-0.39, 0.29) is 18.5 Å². The number of esters is 1. The van der Waals surface area contributed by atoms with Gasteiger partial charge in [0.2, 0.25) is 5.91 Å². The Bertz CT molecular complexity index is 1540. The molecule has 1 rings (SSSR count). The standard InChI is InChI=1S/C65H113NO10/c1-3-5-7-9-11-13-15-17-28-31-35-39-43-47-51-58(68)57(56-75-65-64(73)63(72)62(71)59(55-67)76-65)66-60(69)52-48-44-40-36-32-29-25-23-21-19-18-20-22-24-26-30-34-38-42-46-50-54-74-61(70)53-49-45-41-37-33-27-16-14-12-10-8-6-4-2/h8,10,13-16,30-31,34-35,42,46-47,51,57-59,62-65,67-68,71-73H,3-7,9,11-12,17-29,32-33,36-41,43-45,48-50,52-56H2,1-2H3,(H,66,69)/b10-8-,15-13+,16-14-,34-30-,35-31+,46-42-,51-47+. The Morgan fingerprint density at radius 1 is 0.487 bits per heavy atom. The Kier molecular flexibility index (Phi) is 50.2. The van der Waals surface area contributed by atoms with E-state index < -0.39 is 49.5 Å². The van der Waals surface area contributed by atoms with Crippen LogP contribution in [0.2, 0.25) is 0 Å². The van der Waals surface area contributed by atoms with Crippen molar-refractivity contribution in [3.8, 4) is 0 Å². The predicted octanol–water partition coefficient (Wildman–Crippen LogP) is 14.6. The molecule has 1 aliphatic rings. The lowest BCUT2D eigenvalue weighted by atomic mass is 9.99. The molecule has 0 aromatic rings. The monoisotopic (exact) mass is 1070 g/mol. The first-order valence-electron chi connectivity index (χ1n) is 30.9. The summed E-state index contributed by atoms with van der Waals surface area (Å²) in [6.45, 7) is 4.11. The largest absolute Gasteiger partial charge is 0.465 e. The summed E-state index contributed by atoms with van der Waals surface area (Å²) in [5, 5.41) is 54.4. The topological polar surface area (TPSA) is 175 Å². The fourth-order valence-electron chi connectivity index (χ4n) is 9.05. The van der Waals surface area contributed by atoms with Crippen LogP contribution < -0.4 is 5.32 Å². The summed E-state index contributed by atoms with van der Waals surface area (Å²) in [5.41, 5.74) is 0. The molecule has 0 spiro atoms. The summed E-state index contributed by atoms with van der Waals surface area (Å²) in [6, 6.07) is -0.841. The maximum absolute atomic E-state index is 13.0. The third-order valence-corrected chi connectivity index (χ3v) is 13.9. The van der Waals surface area contributed by atoms with Crippen LogP contribution in [0.5, 0.6) is 0 Å². The van der Waals surface area contributed by atoms with Crippen molar-refractivity contribution in [1.82, 2.24) is 5.32 Å². The smallest absolute Gasteiger partial charge is 0.305 e. The molecule has 0 aliphatic carbocycles. The zero-order valence-corrected chi connectivity index (χ0v) is 48.2. The van der Waals surface area contributed by atoms with E-state index in [0.29, 0.717) is 19.4 Å². The molecule has 1 saturated heterocycles. The molecule has 0 radical (unpaired) electrons. The van der Waals surface area contributed by atoms with Gasteiger partial charge in [-0.2, -0.15) is 0 Å². The minimum absolute atomic E-state index is 0.0658. The number of hydrogen-bond acceptors (Lipinski definition) is 10. The molecule has 7 unspecified atom stereocenters. The molecule has 0 aromatic heterocycles. The third-order valence-electron chi connectivity index (χ3n) is 13.9. The van der Waals surface area contributed by atoms with Crippen LogP contribution in [0.1, 0.15) is 251 Å². The van der Waals surface area contributed by atoms with Gasteiger partial charge >= 0.3 is 5.97 Å². The molecule has 1 aliphatic heterocycles. The van der Waals surface area contributed by atoms with Gasteiger partial charge in [0, 0.05) is 12.8 Å². The molecule has 11 heteroatoms. The average molecular weight is 1070 g/mol. The van der Waals surface area contributed by atoms with E-state index in [0.717, 1.165) is 103 Å². The van der Waals surface area contributed by atoms with Crippen LogP contribution in [-0.2, 0) is 23.8 Å². The minimum atomic E-state index is -1.58. The maximum atomic E-state index is 13.0. The molecule has 7 atom stereocenters. The lowest BCUT2D eigenvalue weighted by Crippen LogP contribution is -2.60. The van der Waals surface area contributed by atoms with Crippen molar-refractivity contribution >= 4 is 11.9 Å². The van der Waals surface area contributed by atoms with Crippen molar-refractivity contribution in [3.05, 3.63) is 85.1 Å². The van der Waals surface area contributed by atoms with Crippen LogP contribution in [0, 0.1) is 0 Å². The van der Waals surface area contributed by atoms with Gasteiger partial charge < -0.3 is 45.1 Å². The van der Waals surface area contributed by atoms with Gasteiger partial charge in [-0.25, -0.2) is 0 Å². The lowest BCUT2D eigenvalue weighted by Gasteiger charge is -2.40. The second-order valence-electron chi connectivity index (χ2n) is 21.0. The Morgan fingerprint density at radius 3 is 1.43 bits per heavy atom. The third kappa shape index (κ3) is 42.8. The number of ether oxygens (including phenoxy) is 3. The summed E-state index contributed by atoms with van der Waals surface area (Å²) in [5.74, 6) is -0.269. The minimum Gasteiger partial charge on any atom is -0.465 e. The average Bonchev–Trinajstić information content (AvgIpc) is 3.42. The Balaban J connectivity index is 2.11. The summed E-state index contributed by atoms with van der Waals surface area (Å²) < 4.78 is 16.6. The molecular formula is C65H113NO10. The highest BCUT2D eigenvalue weighted by Crippen LogP contribution is 2.23. The van der Waals surface area contributed by atoms with Gasteiger partial charge in [0.25, 0.3) is 0 Å². The summed E-state index contributed by atoms with van der Waals surface area (Å²) >= 11 is 0. The van der Waals surface area contributed by atoms with Gasteiger partial charge in [-0.05, 0) is 103 Å². The Labute approximate surface area is 463 Å². The van der Waals surface area contributed by atoms with E-state index in [1.54, 1.807) is 6.08 Å². The van der Waals surface area contributed by atoms with Gasteiger partial charge in [0.1, 0.15) is 24.4 Å². The van der Waals surface area contributed by atoms with E-state index in [1.807, 2.05) is 6.08 Å². The number of amides is 1. The van der Waals surface area contributed by atoms with Crippen molar-refractivity contribution in [2.24, 2.45) is 0 Å². The highest BCUT2D eigenvalue weighted by molar-refractivity contribution is 5.76. The zero-order chi connectivity index (χ0) is 55.2. The second-order valence-corrected chi connectivity index (χ2v) is 21.0. The van der Waals surface area contributed by atoms with Crippen molar-refractivity contribution in [2.45, 2.75) is 294 Å². The fourth-order valence-corrected chi connectivity index (χ4v) is 9.05. The van der Waals surface area contributed by atoms with Gasteiger partial charge in [-0.1, -0.05) is 221 Å². The fraction of sp³-hybridized carbons (Fsp3) is 0.754. The first kappa shape index (κ1) is 70.9. The number of aliphatic hydroxyl groups is 5. The van der Waals surface area contributed by atoms with E-state index in [1.165, 1.54) is 122 Å².